The van der Waals surface area contributed by atoms with Crippen molar-refractivity contribution in [2.75, 3.05) is 14.2 Å². The average molecular weight is 347 g/mol. The minimum absolute atomic E-state index is 0.0429. The van der Waals surface area contributed by atoms with E-state index in [0.717, 1.165) is 21.1 Å². The zero-order valence-electron chi connectivity index (χ0n) is 14.0. The van der Waals surface area contributed by atoms with Gasteiger partial charge in [-0.15, -0.1) is 0 Å². The topological polar surface area (TPSA) is 126 Å². The highest BCUT2D eigenvalue weighted by Crippen LogP contribution is 2.12. The Balaban J connectivity index is 3.31. The van der Waals surface area contributed by atoms with Gasteiger partial charge in [0.15, 0.2) is 0 Å². The number of esters is 2. The number of benzene rings is 1. The molecule has 9 nitrogen and oxygen atoms in total. The average Bonchev–Trinajstić information content (AvgIpc) is 2.61. The zero-order chi connectivity index (χ0) is 19.0. The van der Waals surface area contributed by atoms with Crippen LogP contribution in [0.25, 0.3) is 5.53 Å². The Kier molecular flexibility index (Phi) is 7.17. The number of hydrogen-bond donors (Lipinski definition) is 0. The number of rotatable bonds is 6. The van der Waals surface area contributed by atoms with Gasteiger partial charge in [0.1, 0.15) is 6.04 Å². The number of hydrogen-bond acceptors (Lipinski definition) is 6. The van der Waals surface area contributed by atoms with E-state index in [-0.39, 0.29) is 6.42 Å². The summed E-state index contributed by atoms with van der Waals surface area (Å²) < 4.78 is 9.00. The van der Waals surface area contributed by atoms with Gasteiger partial charge in [-0.25, -0.2) is 9.59 Å². The summed E-state index contributed by atoms with van der Waals surface area (Å²) in [6.45, 7) is 1.03. The molecule has 0 fully saturated rings. The summed E-state index contributed by atoms with van der Waals surface area (Å²) in [7, 11) is 2.07. The van der Waals surface area contributed by atoms with Crippen LogP contribution in [0.5, 0.6) is 0 Å². The lowest BCUT2D eigenvalue weighted by atomic mass is 10.0. The van der Waals surface area contributed by atoms with Crippen molar-refractivity contribution in [1.29, 1.82) is 0 Å². The predicted octanol–water partition coefficient (Wildman–Crippen LogP) is -0.0104. The zero-order valence-corrected chi connectivity index (χ0v) is 14.0. The summed E-state index contributed by atoms with van der Waals surface area (Å²) in [4.78, 5) is 51.2. The molecule has 0 heterocycles. The van der Waals surface area contributed by atoms with E-state index in [2.05, 4.69) is 14.3 Å². The summed E-state index contributed by atoms with van der Waals surface area (Å²) in [6, 6.07) is 7.24. The molecule has 1 atom stereocenters. The maximum atomic E-state index is 12.5. The van der Waals surface area contributed by atoms with Gasteiger partial charge in [0.25, 0.3) is 0 Å². The third-order valence-corrected chi connectivity index (χ3v) is 3.30. The Morgan fingerprint density at radius 3 is 2.16 bits per heavy atom. The van der Waals surface area contributed by atoms with Crippen LogP contribution in [0.3, 0.4) is 0 Å². The molecule has 2 amide bonds. The minimum atomic E-state index is -1.35. The molecule has 0 spiro atoms. The van der Waals surface area contributed by atoms with Crippen molar-refractivity contribution in [2.24, 2.45) is 0 Å². The number of carbonyl (C=O) groups is 4. The van der Waals surface area contributed by atoms with E-state index >= 15 is 0 Å². The Morgan fingerprint density at radius 2 is 1.72 bits per heavy atom. The second-order valence-corrected chi connectivity index (χ2v) is 4.86. The maximum absolute atomic E-state index is 12.5. The van der Waals surface area contributed by atoms with Crippen LogP contribution in [0.1, 0.15) is 12.5 Å². The summed E-state index contributed by atoms with van der Waals surface area (Å²) in [5.74, 6) is -4.22. The highest BCUT2D eigenvalue weighted by molar-refractivity contribution is 6.62. The molecule has 0 aliphatic rings. The Morgan fingerprint density at radius 1 is 1.12 bits per heavy atom. The first kappa shape index (κ1) is 19.7. The van der Waals surface area contributed by atoms with Crippen LogP contribution in [0, 0.1) is 0 Å². The Labute approximate surface area is 143 Å². The quantitative estimate of drug-likeness (QED) is 0.234. The Bertz CT molecular complexity index is 725. The molecule has 0 aliphatic heterocycles. The van der Waals surface area contributed by atoms with Gasteiger partial charge >= 0.3 is 23.6 Å². The van der Waals surface area contributed by atoms with E-state index in [1.807, 2.05) is 0 Å². The summed E-state index contributed by atoms with van der Waals surface area (Å²) >= 11 is 0. The smallest absolute Gasteiger partial charge is 0.463 e. The fourth-order valence-electron chi connectivity index (χ4n) is 2.14. The fourth-order valence-corrected chi connectivity index (χ4v) is 2.14. The molecule has 1 unspecified atom stereocenters. The third-order valence-electron chi connectivity index (χ3n) is 3.30. The van der Waals surface area contributed by atoms with Crippen molar-refractivity contribution >= 4 is 29.5 Å². The second-order valence-electron chi connectivity index (χ2n) is 4.86. The monoisotopic (exact) mass is 347 g/mol. The number of carbonyl (C=O) groups excluding carboxylic acids is 4. The van der Waals surface area contributed by atoms with E-state index < -0.39 is 35.5 Å². The molecular weight excluding hydrogens is 330 g/mol. The molecule has 0 N–H and O–H groups in total. The van der Waals surface area contributed by atoms with Crippen LogP contribution < -0.4 is 0 Å². The van der Waals surface area contributed by atoms with Gasteiger partial charge in [0.05, 0.1) is 14.2 Å². The SMILES string of the molecule is COC(=O)C(=[N+]=[N-])C(=O)N(C(C)=O)C(Cc1ccccc1)C(=O)OC. The van der Waals surface area contributed by atoms with Crippen molar-refractivity contribution < 1.29 is 33.4 Å². The van der Waals surface area contributed by atoms with Crippen LogP contribution in [0.2, 0.25) is 0 Å². The molecule has 132 valence electrons. The molecule has 0 saturated heterocycles. The van der Waals surface area contributed by atoms with Crippen molar-refractivity contribution in [3.63, 3.8) is 0 Å². The number of nitrogens with zero attached hydrogens (tertiary/aromatic N) is 3. The predicted molar refractivity (Wildman–Crippen MR) is 84.1 cm³/mol. The molecule has 1 aromatic carbocycles. The largest absolute Gasteiger partial charge is 0.467 e. The first-order valence-corrected chi connectivity index (χ1v) is 7.13. The molecule has 0 bridgehead atoms. The number of imide groups is 1. The van der Waals surface area contributed by atoms with Gasteiger partial charge in [0.2, 0.25) is 5.91 Å². The van der Waals surface area contributed by atoms with Gasteiger partial charge in [-0.3, -0.25) is 14.5 Å². The number of methoxy groups -OCH3 is 2. The van der Waals surface area contributed by atoms with Crippen molar-refractivity contribution in [2.45, 2.75) is 19.4 Å². The molecule has 0 aliphatic carbocycles. The first-order chi connectivity index (χ1) is 11.9. The Hall–Kier alpha value is -3.32. The van der Waals surface area contributed by atoms with Gasteiger partial charge in [-0.2, -0.15) is 4.79 Å². The van der Waals surface area contributed by atoms with E-state index in [9.17, 15) is 19.2 Å². The van der Waals surface area contributed by atoms with Gasteiger partial charge in [-0.05, 0) is 5.56 Å². The molecule has 9 heteroatoms. The lowest BCUT2D eigenvalue weighted by molar-refractivity contribution is -0.158. The molecule has 0 radical (unpaired) electrons. The van der Waals surface area contributed by atoms with E-state index in [1.165, 1.54) is 0 Å². The minimum Gasteiger partial charge on any atom is -0.467 e. The molecule has 1 aromatic rings. The highest BCUT2D eigenvalue weighted by Gasteiger charge is 2.43. The van der Waals surface area contributed by atoms with Crippen LogP contribution in [0.4, 0.5) is 0 Å². The highest BCUT2D eigenvalue weighted by atomic mass is 16.5. The molecule has 0 aromatic heterocycles. The van der Waals surface area contributed by atoms with E-state index in [4.69, 9.17) is 5.53 Å². The molecule has 1 rings (SSSR count). The van der Waals surface area contributed by atoms with E-state index in [0.29, 0.717) is 10.5 Å². The standard InChI is InChI=1S/C16H17N3O6/c1-10(20)19(14(21)13(18-17)16(23)25-3)12(15(22)24-2)9-11-7-5-4-6-8-11/h4-8,12H,9H2,1-3H3. The van der Waals surface area contributed by atoms with Crippen LogP contribution in [-0.4, -0.2) is 59.4 Å². The molecule has 0 saturated carbocycles. The van der Waals surface area contributed by atoms with Gasteiger partial charge in [-0.1, -0.05) is 30.3 Å². The van der Waals surface area contributed by atoms with Crippen LogP contribution >= 0.6 is 0 Å². The van der Waals surface area contributed by atoms with E-state index in [1.54, 1.807) is 30.3 Å². The van der Waals surface area contributed by atoms with Crippen molar-refractivity contribution in [3.8, 4) is 0 Å². The van der Waals surface area contributed by atoms with Crippen molar-refractivity contribution in [1.82, 2.24) is 4.90 Å². The summed E-state index contributed by atoms with van der Waals surface area (Å²) in [5, 5.41) is 0. The maximum Gasteiger partial charge on any atom is 0.463 e. The lowest BCUT2D eigenvalue weighted by Crippen LogP contribution is -2.53. The molecule has 25 heavy (non-hydrogen) atoms. The second kappa shape index (κ2) is 9.09. The summed E-state index contributed by atoms with van der Waals surface area (Å²) in [5.41, 5.74) is 8.53. The molecular formula is C16H17N3O6. The number of ether oxygens (including phenoxy) is 2. The third kappa shape index (κ3) is 4.82. The van der Waals surface area contributed by atoms with Crippen LogP contribution in [0.15, 0.2) is 30.3 Å². The normalized spacial score (nSPS) is 10.8. The first-order valence-electron chi connectivity index (χ1n) is 7.13. The number of amides is 2. The fraction of sp³-hybridized carbons (Fsp3) is 0.312. The van der Waals surface area contributed by atoms with Gasteiger partial charge in [0, 0.05) is 13.3 Å². The lowest BCUT2D eigenvalue weighted by Gasteiger charge is -2.25. The van der Waals surface area contributed by atoms with Crippen LogP contribution in [-0.2, 0) is 35.1 Å². The van der Waals surface area contributed by atoms with Gasteiger partial charge < -0.3 is 15.0 Å². The summed E-state index contributed by atoms with van der Waals surface area (Å²) in [6.07, 6.45) is -0.0429. The van der Waals surface area contributed by atoms with Crippen molar-refractivity contribution in [3.05, 3.63) is 41.4 Å².